The first-order chi connectivity index (χ1) is 11.0. The number of hydrogen-bond donors (Lipinski definition) is 1. The maximum atomic E-state index is 11.3. The van der Waals surface area contributed by atoms with Crippen LogP contribution in [-0.4, -0.2) is 15.3 Å². The molecule has 0 aliphatic rings. The van der Waals surface area contributed by atoms with Crippen molar-refractivity contribution in [3.05, 3.63) is 57.6 Å². The lowest BCUT2D eigenvalue weighted by atomic mass is 10.1. The SMILES string of the molecule is Cc1ccc(-c2nnc(SCc3cc(=O)c(O)co3)o2)c(C)c1. The molecule has 23 heavy (non-hydrogen) atoms. The van der Waals surface area contributed by atoms with Gasteiger partial charge in [-0.1, -0.05) is 29.5 Å². The second kappa shape index (κ2) is 6.29. The molecule has 1 aromatic carbocycles. The summed E-state index contributed by atoms with van der Waals surface area (Å²) in [7, 11) is 0. The lowest BCUT2D eigenvalue weighted by Crippen LogP contribution is -1.98. The maximum Gasteiger partial charge on any atom is 0.277 e. The zero-order valence-corrected chi connectivity index (χ0v) is 13.4. The molecule has 2 heterocycles. The fourth-order valence-electron chi connectivity index (χ4n) is 2.08. The van der Waals surface area contributed by atoms with E-state index in [0.717, 1.165) is 17.4 Å². The minimum absolute atomic E-state index is 0.351. The average molecular weight is 330 g/mol. The summed E-state index contributed by atoms with van der Waals surface area (Å²) in [4.78, 5) is 11.3. The van der Waals surface area contributed by atoms with Crippen LogP contribution in [0, 0.1) is 13.8 Å². The first-order valence-electron chi connectivity index (χ1n) is 6.87. The molecule has 0 aliphatic carbocycles. The first-order valence-corrected chi connectivity index (χ1v) is 7.86. The van der Waals surface area contributed by atoms with Gasteiger partial charge < -0.3 is 13.9 Å². The molecule has 0 aliphatic heterocycles. The van der Waals surface area contributed by atoms with Crippen LogP contribution >= 0.6 is 11.8 Å². The fourth-order valence-corrected chi connectivity index (χ4v) is 2.74. The highest BCUT2D eigenvalue weighted by atomic mass is 32.2. The molecular weight excluding hydrogens is 316 g/mol. The van der Waals surface area contributed by atoms with Gasteiger partial charge >= 0.3 is 0 Å². The van der Waals surface area contributed by atoms with E-state index in [1.165, 1.54) is 23.4 Å². The number of nitrogens with zero attached hydrogens (tertiary/aromatic N) is 2. The highest BCUT2D eigenvalue weighted by Crippen LogP contribution is 2.27. The molecule has 0 saturated heterocycles. The predicted octanol–water partition coefficient (Wildman–Crippen LogP) is 3.30. The molecule has 6 nitrogen and oxygen atoms in total. The summed E-state index contributed by atoms with van der Waals surface area (Å²) < 4.78 is 10.8. The van der Waals surface area contributed by atoms with Crippen LogP contribution in [0.15, 0.2) is 49.4 Å². The number of aryl methyl sites for hydroxylation is 2. The number of benzene rings is 1. The Bertz CT molecular complexity index is 901. The summed E-state index contributed by atoms with van der Waals surface area (Å²) in [5.74, 6) is 0.819. The van der Waals surface area contributed by atoms with Crippen LogP contribution in [-0.2, 0) is 5.75 Å². The monoisotopic (exact) mass is 330 g/mol. The molecular formula is C16H14N2O4S. The van der Waals surface area contributed by atoms with Crippen molar-refractivity contribution in [2.24, 2.45) is 0 Å². The van der Waals surface area contributed by atoms with Crippen molar-refractivity contribution in [1.82, 2.24) is 10.2 Å². The lowest BCUT2D eigenvalue weighted by molar-refractivity contribution is 0.418. The molecule has 7 heteroatoms. The summed E-state index contributed by atoms with van der Waals surface area (Å²) in [6.07, 6.45) is 1.02. The third-order valence-electron chi connectivity index (χ3n) is 3.22. The Morgan fingerprint density at radius 1 is 1.22 bits per heavy atom. The highest BCUT2D eigenvalue weighted by molar-refractivity contribution is 7.98. The zero-order valence-electron chi connectivity index (χ0n) is 12.6. The summed E-state index contributed by atoms with van der Waals surface area (Å²) >= 11 is 1.26. The quantitative estimate of drug-likeness (QED) is 0.734. The topological polar surface area (TPSA) is 89.4 Å². The molecule has 0 saturated carbocycles. The van der Waals surface area contributed by atoms with Gasteiger partial charge in [0.1, 0.15) is 12.0 Å². The van der Waals surface area contributed by atoms with E-state index in [2.05, 4.69) is 16.3 Å². The van der Waals surface area contributed by atoms with Gasteiger partial charge in [-0.05, 0) is 25.5 Å². The second-order valence-electron chi connectivity index (χ2n) is 5.08. The molecule has 3 rings (SSSR count). The number of aromatic hydroxyl groups is 1. The number of aromatic nitrogens is 2. The van der Waals surface area contributed by atoms with E-state index in [1.807, 2.05) is 26.0 Å². The van der Waals surface area contributed by atoms with E-state index in [1.54, 1.807) is 0 Å². The minimum atomic E-state index is -0.478. The molecule has 0 spiro atoms. The average Bonchev–Trinajstić information content (AvgIpc) is 2.97. The molecule has 1 N–H and O–H groups in total. The Morgan fingerprint density at radius 3 is 2.78 bits per heavy atom. The molecule has 0 fully saturated rings. The van der Waals surface area contributed by atoms with Gasteiger partial charge in [-0.3, -0.25) is 4.79 Å². The van der Waals surface area contributed by atoms with Crippen molar-refractivity contribution in [1.29, 1.82) is 0 Å². The van der Waals surface area contributed by atoms with E-state index < -0.39 is 11.2 Å². The van der Waals surface area contributed by atoms with Crippen LogP contribution in [0.25, 0.3) is 11.5 Å². The largest absolute Gasteiger partial charge is 0.502 e. The highest BCUT2D eigenvalue weighted by Gasteiger charge is 2.12. The van der Waals surface area contributed by atoms with Crippen LogP contribution in [0.4, 0.5) is 0 Å². The lowest BCUT2D eigenvalue weighted by Gasteiger charge is -2.01. The van der Waals surface area contributed by atoms with Gasteiger partial charge in [0, 0.05) is 11.6 Å². The van der Waals surface area contributed by atoms with Gasteiger partial charge in [-0.2, -0.15) is 0 Å². The molecule has 3 aromatic rings. The van der Waals surface area contributed by atoms with Gasteiger partial charge in [0.25, 0.3) is 5.22 Å². The van der Waals surface area contributed by atoms with Gasteiger partial charge in [0.15, 0.2) is 5.75 Å². The van der Waals surface area contributed by atoms with Gasteiger partial charge in [-0.15, -0.1) is 10.2 Å². The van der Waals surface area contributed by atoms with E-state index in [4.69, 9.17) is 13.9 Å². The molecule has 0 unspecified atom stereocenters. The standard InChI is InChI=1S/C16H14N2O4S/c1-9-3-4-12(10(2)5-9)15-17-18-16(22-15)23-8-11-6-13(19)14(20)7-21-11/h3-7,20H,8H2,1-2H3. The van der Waals surface area contributed by atoms with E-state index >= 15 is 0 Å². The summed E-state index contributed by atoms with van der Waals surface area (Å²) in [5, 5.41) is 17.6. The third kappa shape index (κ3) is 3.45. The van der Waals surface area contributed by atoms with Gasteiger partial charge in [0.05, 0.1) is 5.75 Å². The van der Waals surface area contributed by atoms with Crippen LogP contribution in [0.5, 0.6) is 5.75 Å². The van der Waals surface area contributed by atoms with E-state index in [9.17, 15) is 4.79 Å². The molecule has 2 aromatic heterocycles. The van der Waals surface area contributed by atoms with Crippen LogP contribution < -0.4 is 5.43 Å². The minimum Gasteiger partial charge on any atom is -0.502 e. The molecule has 0 bridgehead atoms. The Balaban J connectivity index is 1.74. The second-order valence-corrected chi connectivity index (χ2v) is 6.00. The Morgan fingerprint density at radius 2 is 2.04 bits per heavy atom. The third-order valence-corrected chi connectivity index (χ3v) is 4.06. The van der Waals surface area contributed by atoms with E-state index in [0.29, 0.717) is 22.6 Å². The molecule has 118 valence electrons. The molecule has 0 atom stereocenters. The Kier molecular flexibility index (Phi) is 4.20. The van der Waals surface area contributed by atoms with Crippen molar-refractivity contribution in [2.45, 2.75) is 24.8 Å². The molecule has 0 amide bonds. The molecule has 0 radical (unpaired) electrons. The summed E-state index contributed by atoms with van der Waals surface area (Å²) in [5.41, 5.74) is 2.65. The maximum absolute atomic E-state index is 11.3. The van der Waals surface area contributed by atoms with Crippen molar-refractivity contribution < 1.29 is 13.9 Å². The summed E-state index contributed by atoms with van der Waals surface area (Å²) in [6, 6.07) is 7.23. The van der Waals surface area contributed by atoms with E-state index in [-0.39, 0.29) is 0 Å². The van der Waals surface area contributed by atoms with Crippen LogP contribution in [0.1, 0.15) is 16.9 Å². The smallest absolute Gasteiger partial charge is 0.277 e. The Labute approximate surface area is 136 Å². The zero-order chi connectivity index (χ0) is 16.4. The van der Waals surface area contributed by atoms with Gasteiger partial charge in [0.2, 0.25) is 11.3 Å². The van der Waals surface area contributed by atoms with Crippen molar-refractivity contribution >= 4 is 11.8 Å². The van der Waals surface area contributed by atoms with Crippen molar-refractivity contribution in [3.63, 3.8) is 0 Å². The first kappa shape index (κ1) is 15.4. The predicted molar refractivity (Wildman–Crippen MR) is 85.4 cm³/mol. The Hall–Kier alpha value is -2.54. The number of hydrogen-bond acceptors (Lipinski definition) is 7. The summed E-state index contributed by atoms with van der Waals surface area (Å²) in [6.45, 7) is 4.02. The van der Waals surface area contributed by atoms with Crippen molar-refractivity contribution in [2.75, 3.05) is 0 Å². The van der Waals surface area contributed by atoms with Crippen molar-refractivity contribution in [3.8, 4) is 17.2 Å². The van der Waals surface area contributed by atoms with Gasteiger partial charge in [-0.25, -0.2) is 0 Å². The normalized spacial score (nSPS) is 10.9. The number of rotatable bonds is 4. The number of thioether (sulfide) groups is 1. The van der Waals surface area contributed by atoms with Crippen LogP contribution in [0.2, 0.25) is 0 Å². The fraction of sp³-hybridized carbons (Fsp3) is 0.188. The van der Waals surface area contributed by atoms with Crippen LogP contribution in [0.3, 0.4) is 0 Å².